The summed E-state index contributed by atoms with van der Waals surface area (Å²) in [5, 5.41) is 8.12. The van der Waals surface area contributed by atoms with Crippen LogP contribution in [0.1, 0.15) is 30.8 Å². The largest absolute Gasteiger partial charge is 0.461 e. The number of hydrogen-bond donors (Lipinski definition) is 1. The van der Waals surface area contributed by atoms with E-state index in [1.165, 1.54) is 25.3 Å². The predicted molar refractivity (Wildman–Crippen MR) is 135 cm³/mol. The molecule has 2 atom stereocenters. The quantitative estimate of drug-likeness (QED) is 0.403. The summed E-state index contributed by atoms with van der Waals surface area (Å²) in [6.07, 6.45) is 0.325. The molecule has 1 N–H and O–H groups in total. The van der Waals surface area contributed by atoms with Gasteiger partial charge in [0, 0.05) is 24.1 Å². The Morgan fingerprint density at radius 3 is 2.62 bits per heavy atom. The Labute approximate surface area is 212 Å². The molecule has 0 aliphatic carbocycles. The minimum Gasteiger partial charge on any atom is -0.461 e. The normalized spacial score (nSPS) is 19.6. The lowest BCUT2D eigenvalue weighted by Crippen LogP contribution is -2.47. The van der Waals surface area contributed by atoms with Crippen molar-refractivity contribution >= 4 is 26.6 Å². The smallest absolute Gasteiger partial charge is 0.270 e. The highest BCUT2D eigenvalue weighted by Gasteiger charge is 2.39. The van der Waals surface area contributed by atoms with Gasteiger partial charge in [0.1, 0.15) is 23.0 Å². The molecule has 4 aromatic rings. The third kappa shape index (κ3) is 5.17. The molecule has 0 spiro atoms. The van der Waals surface area contributed by atoms with Crippen molar-refractivity contribution in [3.05, 3.63) is 72.3 Å². The summed E-state index contributed by atoms with van der Waals surface area (Å²) in [6.45, 7) is 2.98. The maximum Gasteiger partial charge on any atom is 0.270 e. The van der Waals surface area contributed by atoms with Crippen LogP contribution in [0, 0.1) is 5.82 Å². The number of sulfone groups is 1. The third-order valence-electron chi connectivity index (χ3n) is 6.19. The molecule has 1 aliphatic rings. The van der Waals surface area contributed by atoms with Crippen LogP contribution in [0.25, 0.3) is 27.8 Å². The van der Waals surface area contributed by atoms with E-state index in [1.54, 1.807) is 54.1 Å². The number of ether oxygens (including phenoxy) is 1. The van der Waals surface area contributed by atoms with E-state index in [9.17, 15) is 22.0 Å². The molecule has 11 heteroatoms. The van der Waals surface area contributed by atoms with E-state index < -0.39 is 33.5 Å². The van der Waals surface area contributed by atoms with E-state index in [2.05, 4.69) is 10.3 Å². The number of carbonyl (C=O) groups excluding carboxylic acids is 1. The van der Waals surface area contributed by atoms with Gasteiger partial charge >= 0.3 is 0 Å². The maximum absolute atomic E-state index is 13.6. The van der Waals surface area contributed by atoms with E-state index in [1.807, 2.05) is 0 Å². The fourth-order valence-electron chi connectivity index (χ4n) is 4.48. The summed E-state index contributed by atoms with van der Waals surface area (Å²) in [5.41, 5.74) is 1.40. The van der Waals surface area contributed by atoms with Crippen LogP contribution in [-0.4, -0.2) is 52.5 Å². The molecule has 1 fully saturated rings. The number of nitrogens with zero attached hydrogens (tertiary/aromatic N) is 3. The zero-order valence-corrected chi connectivity index (χ0v) is 20.9. The van der Waals surface area contributed by atoms with Gasteiger partial charge in [0.15, 0.2) is 9.84 Å². The number of rotatable bonds is 6. The highest BCUT2D eigenvalue weighted by molar-refractivity contribution is 7.91. The molecule has 0 bridgehead atoms. The van der Waals surface area contributed by atoms with Crippen LogP contribution in [0.5, 0.6) is 5.75 Å². The van der Waals surface area contributed by atoms with Gasteiger partial charge in [-0.25, -0.2) is 21.9 Å². The first-order valence-corrected chi connectivity index (χ1v) is 13.4. The average molecular weight is 527 g/mol. The van der Waals surface area contributed by atoms with Crippen molar-refractivity contribution in [3.8, 4) is 22.7 Å². The predicted octanol–water partition coefficient (Wildman–Crippen LogP) is 4.23. The standard InChI is InChI=1S/C26H24F2N4O4S/c1-16(27)36-20-5-3-4-17(12-20)24-21-14-29-22(25(33)30-26(2)10-11-37(34,35)15-26)13-23(21)32(31-24)19-8-6-18(28)7-9-19/h3-9,12-14,16H,10-11,15H2,1-2H3,(H,30,33)/t16?,26-/m0/s1. The zero-order valence-electron chi connectivity index (χ0n) is 20.1. The zero-order chi connectivity index (χ0) is 26.4. The number of nitrogens with one attached hydrogen (secondary N) is 1. The van der Waals surface area contributed by atoms with Gasteiger partial charge in [-0.15, -0.1) is 0 Å². The van der Waals surface area contributed by atoms with Gasteiger partial charge in [-0.3, -0.25) is 9.78 Å². The molecule has 8 nitrogen and oxygen atoms in total. The second-order valence-electron chi connectivity index (χ2n) is 9.37. The number of alkyl halides is 1. The number of halogens is 2. The molecule has 1 saturated heterocycles. The summed E-state index contributed by atoms with van der Waals surface area (Å²) < 4.78 is 57.7. The van der Waals surface area contributed by atoms with Gasteiger partial charge in [0.25, 0.3) is 5.91 Å². The van der Waals surface area contributed by atoms with Crippen molar-refractivity contribution in [2.75, 3.05) is 11.5 Å². The van der Waals surface area contributed by atoms with Gasteiger partial charge in [-0.1, -0.05) is 12.1 Å². The average Bonchev–Trinajstić information content (AvgIpc) is 3.35. The molecule has 37 heavy (non-hydrogen) atoms. The molecule has 1 unspecified atom stereocenters. The maximum atomic E-state index is 13.6. The Kier molecular flexibility index (Phi) is 6.18. The molecule has 192 valence electrons. The van der Waals surface area contributed by atoms with Crippen LogP contribution < -0.4 is 10.1 Å². The molecule has 5 rings (SSSR count). The topological polar surface area (TPSA) is 103 Å². The number of hydrogen-bond acceptors (Lipinski definition) is 6. The van der Waals surface area contributed by atoms with Crippen LogP contribution >= 0.6 is 0 Å². The van der Waals surface area contributed by atoms with Crippen molar-refractivity contribution in [1.82, 2.24) is 20.1 Å². The first-order chi connectivity index (χ1) is 17.5. The Hall–Kier alpha value is -3.86. The highest BCUT2D eigenvalue weighted by atomic mass is 32.2. The molecular weight excluding hydrogens is 502 g/mol. The Morgan fingerprint density at radius 1 is 1.19 bits per heavy atom. The third-order valence-corrected chi connectivity index (χ3v) is 8.10. The van der Waals surface area contributed by atoms with Crippen LogP contribution in [-0.2, 0) is 9.84 Å². The number of pyridine rings is 1. The van der Waals surface area contributed by atoms with Gasteiger partial charge in [0.05, 0.1) is 28.2 Å². The molecule has 2 aromatic carbocycles. The number of aromatic nitrogens is 3. The molecule has 1 aliphatic heterocycles. The van der Waals surface area contributed by atoms with Gasteiger partial charge in [-0.2, -0.15) is 5.10 Å². The fourth-order valence-corrected chi connectivity index (χ4v) is 6.57. The molecule has 0 saturated carbocycles. The number of amides is 1. The Bertz CT molecular complexity index is 1600. The Balaban J connectivity index is 1.59. The summed E-state index contributed by atoms with van der Waals surface area (Å²) in [6, 6.07) is 14.0. The van der Waals surface area contributed by atoms with E-state index in [-0.39, 0.29) is 17.2 Å². The molecule has 1 amide bonds. The summed E-state index contributed by atoms with van der Waals surface area (Å²) in [4.78, 5) is 17.4. The lowest BCUT2D eigenvalue weighted by atomic mass is 10.0. The number of fused-ring (bicyclic) bond motifs is 1. The van der Waals surface area contributed by atoms with Gasteiger partial charge in [-0.05, 0) is 55.8 Å². The molecule has 0 radical (unpaired) electrons. The van der Waals surface area contributed by atoms with Crippen molar-refractivity contribution in [1.29, 1.82) is 0 Å². The second kappa shape index (κ2) is 9.22. The number of benzene rings is 2. The van der Waals surface area contributed by atoms with Crippen molar-refractivity contribution < 1.29 is 26.7 Å². The highest BCUT2D eigenvalue weighted by Crippen LogP contribution is 2.32. The monoisotopic (exact) mass is 526 g/mol. The van der Waals surface area contributed by atoms with Gasteiger partial charge in [0.2, 0.25) is 6.36 Å². The second-order valence-corrected chi connectivity index (χ2v) is 11.6. The lowest BCUT2D eigenvalue weighted by molar-refractivity contribution is 0.0860. The molecule has 2 aromatic heterocycles. The van der Waals surface area contributed by atoms with Crippen molar-refractivity contribution in [3.63, 3.8) is 0 Å². The van der Waals surface area contributed by atoms with Crippen LogP contribution in [0.4, 0.5) is 8.78 Å². The van der Waals surface area contributed by atoms with E-state index in [0.29, 0.717) is 40.0 Å². The lowest BCUT2D eigenvalue weighted by Gasteiger charge is -2.23. The van der Waals surface area contributed by atoms with Crippen LogP contribution in [0.15, 0.2) is 60.8 Å². The Morgan fingerprint density at radius 2 is 1.95 bits per heavy atom. The summed E-state index contributed by atoms with van der Waals surface area (Å²) >= 11 is 0. The summed E-state index contributed by atoms with van der Waals surface area (Å²) in [5.74, 6) is -0.724. The van der Waals surface area contributed by atoms with E-state index in [0.717, 1.165) is 0 Å². The van der Waals surface area contributed by atoms with Crippen molar-refractivity contribution in [2.45, 2.75) is 32.2 Å². The first kappa shape index (κ1) is 24.8. The first-order valence-electron chi connectivity index (χ1n) is 11.6. The van der Waals surface area contributed by atoms with Crippen molar-refractivity contribution in [2.24, 2.45) is 0 Å². The van der Waals surface area contributed by atoms with Gasteiger partial charge < -0.3 is 10.1 Å². The van der Waals surface area contributed by atoms with Crippen LogP contribution in [0.2, 0.25) is 0 Å². The fraction of sp³-hybridized carbons (Fsp3) is 0.269. The van der Waals surface area contributed by atoms with Crippen LogP contribution in [0.3, 0.4) is 0 Å². The number of carbonyl (C=O) groups is 1. The molecule has 3 heterocycles. The minimum absolute atomic E-state index is 0.0148. The minimum atomic E-state index is -3.21. The van der Waals surface area contributed by atoms with E-state index >= 15 is 0 Å². The summed E-state index contributed by atoms with van der Waals surface area (Å²) in [7, 11) is -3.21. The van der Waals surface area contributed by atoms with E-state index in [4.69, 9.17) is 9.84 Å². The SMILES string of the molecule is CC(F)Oc1cccc(-c2nn(-c3ccc(F)cc3)c3cc(C(=O)N[C@@]4(C)CCS(=O)(=O)C4)ncc23)c1. The molecular formula is C26H24F2N4O4S.